The van der Waals surface area contributed by atoms with Crippen molar-refractivity contribution in [1.82, 2.24) is 20.0 Å². The standard InChI is InChI=1S/C23H22N4O2/c28-22-13-17-11-12-26(15-20(17)24-22)23(29)21-14-19(16-7-3-1-4-8-16)25-27(21)18-9-5-2-6-10-18/h1-10,14,17,20H,11-13,15H2,(H,24,28)/t17-,20-/m1/s1. The minimum absolute atomic E-state index is 0.0527. The summed E-state index contributed by atoms with van der Waals surface area (Å²) in [5.41, 5.74) is 3.12. The van der Waals surface area contributed by atoms with Crippen LogP contribution >= 0.6 is 0 Å². The van der Waals surface area contributed by atoms with E-state index in [-0.39, 0.29) is 17.9 Å². The van der Waals surface area contributed by atoms with Gasteiger partial charge < -0.3 is 10.2 Å². The molecule has 0 bridgehead atoms. The molecule has 2 fully saturated rings. The number of fused-ring (bicyclic) bond motifs is 1. The van der Waals surface area contributed by atoms with Crippen LogP contribution in [0.4, 0.5) is 0 Å². The average molecular weight is 386 g/mol. The number of para-hydroxylation sites is 1. The van der Waals surface area contributed by atoms with Crippen LogP contribution in [0.15, 0.2) is 66.7 Å². The Bertz CT molecular complexity index is 1050. The van der Waals surface area contributed by atoms with Crippen LogP contribution in [0.25, 0.3) is 16.9 Å². The van der Waals surface area contributed by atoms with Crippen LogP contribution in [-0.4, -0.2) is 45.6 Å². The topological polar surface area (TPSA) is 67.2 Å². The number of hydrogen-bond acceptors (Lipinski definition) is 3. The minimum Gasteiger partial charge on any atom is -0.351 e. The first kappa shape index (κ1) is 17.7. The van der Waals surface area contributed by atoms with Crippen molar-refractivity contribution in [2.45, 2.75) is 18.9 Å². The molecule has 0 saturated carbocycles. The maximum absolute atomic E-state index is 13.5. The lowest BCUT2D eigenvalue weighted by molar-refractivity contribution is -0.119. The highest BCUT2D eigenvalue weighted by Crippen LogP contribution is 2.28. The van der Waals surface area contributed by atoms with E-state index in [1.807, 2.05) is 71.6 Å². The van der Waals surface area contributed by atoms with Gasteiger partial charge in [0, 0.05) is 31.1 Å². The third-order valence-electron chi connectivity index (χ3n) is 5.84. The summed E-state index contributed by atoms with van der Waals surface area (Å²) in [7, 11) is 0. The van der Waals surface area contributed by atoms with E-state index in [0.29, 0.717) is 31.1 Å². The smallest absolute Gasteiger partial charge is 0.272 e. The van der Waals surface area contributed by atoms with E-state index in [2.05, 4.69) is 5.32 Å². The number of hydrogen-bond donors (Lipinski definition) is 1. The number of amides is 2. The monoisotopic (exact) mass is 386 g/mol. The van der Waals surface area contributed by atoms with Crippen molar-refractivity contribution in [2.75, 3.05) is 13.1 Å². The van der Waals surface area contributed by atoms with Gasteiger partial charge in [-0.05, 0) is 30.5 Å². The van der Waals surface area contributed by atoms with Crippen molar-refractivity contribution in [2.24, 2.45) is 5.92 Å². The van der Waals surface area contributed by atoms with Gasteiger partial charge in [-0.2, -0.15) is 5.10 Å². The van der Waals surface area contributed by atoms with Gasteiger partial charge in [-0.3, -0.25) is 9.59 Å². The molecule has 0 radical (unpaired) electrons. The van der Waals surface area contributed by atoms with Crippen LogP contribution in [-0.2, 0) is 4.79 Å². The van der Waals surface area contributed by atoms with Crippen LogP contribution in [0.1, 0.15) is 23.3 Å². The predicted octanol–water partition coefficient (Wildman–Crippen LogP) is 2.89. The van der Waals surface area contributed by atoms with E-state index in [1.54, 1.807) is 4.68 Å². The Labute approximate surface area is 169 Å². The maximum atomic E-state index is 13.5. The molecule has 2 aromatic carbocycles. The van der Waals surface area contributed by atoms with Crippen LogP contribution in [0, 0.1) is 5.92 Å². The number of carbonyl (C=O) groups is 2. The fourth-order valence-corrected chi connectivity index (χ4v) is 4.31. The number of nitrogens with one attached hydrogen (secondary N) is 1. The summed E-state index contributed by atoms with van der Waals surface area (Å²) < 4.78 is 1.73. The van der Waals surface area contributed by atoms with Gasteiger partial charge in [-0.15, -0.1) is 0 Å². The fourth-order valence-electron chi connectivity index (χ4n) is 4.31. The summed E-state index contributed by atoms with van der Waals surface area (Å²) in [4.78, 5) is 27.0. The normalized spacial score (nSPS) is 21.0. The molecular formula is C23H22N4O2. The zero-order chi connectivity index (χ0) is 19.8. The first-order valence-corrected chi connectivity index (χ1v) is 9.98. The molecule has 2 saturated heterocycles. The zero-order valence-electron chi connectivity index (χ0n) is 16.0. The van der Waals surface area contributed by atoms with Gasteiger partial charge in [-0.25, -0.2) is 4.68 Å². The molecule has 6 nitrogen and oxygen atoms in total. The summed E-state index contributed by atoms with van der Waals surface area (Å²) in [6, 6.07) is 21.5. The van der Waals surface area contributed by atoms with Crippen LogP contribution in [0.3, 0.4) is 0 Å². The van der Waals surface area contributed by atoms with E-state index in [9.17, 15) is 9.59 Å². The number of nitrogens with zero attached hydrogens (tertiary/aromatic N) is 3. The maximum Gasteiger partial charge on any atom is 0.272 e. The van der Waals surface area contributed by atoms with Crippen molar-refractivity contribution in [3.8, 4) is 16.9 Å². The Hall–Kier alpha value is -3.41. The Morgan fingerprint density at radius 3 is 2.52 bits per heavy atom. The Morgan fingerprint density at radius 1 is 1.03 bits per heavy atom. The second-order valence-corrected chi connectivity index (χ2v) is 7.71. The van der Waals surface area contributed by atoms with Gasteiger partial charge in [0.15, 0.2) is 0 Å². The number of carbonyl (C=O) groups excluding carboxylic acids is 2. The van der Waals surface area contributed by atoms with Crippen molar-refractivity contribution in [3.63, 3.8) is 0 Å². The summed E-state index contributed by atoms with van der Waals surface area (Å²) >= 11 is 0. The molecule has 6 heteroatoms. The van der Waals surface area contributed by atoms with Crippen molar-refractivity contribution < 1.29 is 9.59 Å². The van der Waals surface area contributed by atoms with Gasteiger partial charge >= 0.3 is 0 Å². The lowest BCUT2D eigenvalue weighted by atomic mass is 9.92. The second kappa shape index (κ2) is 7.20. The van der Waals surface area contributed by atoms with E-state index in [4.69, 9.17) is 5.10 Å². The Kier molecular flexibility index (Phi) is 4.39. The molecule has 2 atom stereocenters. The van der Waals surface area contributed by atoms with Gasteiger partial charge in [-0.1, -0.05) is 48.5 Å². The molecule has 2 amide bonds. The minimum atomic E-state index is -0.0527. The molecule has 2 aliphatic heterocycles. The Balaban J connectivity index is 1.50. The van der Waals surface area contributed by atoms with Crippen molar-refractivity contribution >= 4 is 11.8 Å². The number of aromatic nitrogens is 2. The van der Waals surface area contributed by atoms with Crippen molar-refractivity contribution in [3.05, 3.63) is 72.4 Å². The molecule has 29 heavy (non-hydrogen) atoms. The highest BCUT2D eigenvalue weighted by Gasteiger charge is 2.39. The number of rotatable bonds is 3. The van der Waals surface area contributed by atoms with Gasteiger partial charge in [0.2, 0.25) is 5.91 Å². The first-order valence-electron chi connectivity index (χ1n) is 9.98. The summed E-state index contributed by atoms with van der Waals surface area (Å²) in [5, 5.41) is 7.76. The van der Waals surface area contributed by atoms with Gasteiger partial charge in [0.25, 0.3) is 5.91 Å². The fraction of sp³-hybridized carbons (Fsp3) is 0.261. The molecule has 1 N–H and O–H groups in total. The number of piperidine rings is 1. The van der Waals surface area contributed by atoms with Crippen LogP contribution in [0.5, 0.6) is 0 Å². The van der Waals surface area contributed by atoms with E-state index in [0.717, 1.165) is 23.4 Å². The summed E-state index contributed by atoms with van der Waals surface area (Å²) in [6.07, 6.45) is 1.42. The predicted molar refractivity (Wildman–Crippen MR) is 110 cm³/mol. The molecule has 5 rings (SSSR count). The van der Waals surface area contributed by atoms with E-state index in [1.165, 1.54) is 0 Å². The first-order chi connectivity index (χ1) is 14.2. The lowest BCUT2D eigenvalue weighted by Gasteiger charge is -2.34. The lowest BCUT2D eigenvalue weighted by Crippen LogP contribution is -2.49. The molecule has 0 spiro atoms. The molecular weight excluding hydrogens is 364 g/mol. The van der Waals surface area contributed by atoms with Crippen LogP contribution in [0.2, 0.25) is 0 Å². The van der Waals surface area contributed by atoms with E-state index < -0.39 is 0 Å². The summed E-state index contributed by atoms with van der Waals surface area (Å²) in [6.45, 7) is 1.21. The van der Waals surface area contributed by atoms with Crippen LogP contribution < -0.4 is 5.32 Å². The van der Waals surface area contributed by atoms with Gasteiger partial charge in [0.05, 0.1) is 11.4 Å². The molecule has 3 aromatic rings. The number of benzene rings is 2. The number of likely N-dealkylation sites (tertiary alicyclic amines) is 1. The highest BCUT2D eigenvalue weighted by atomic mass is 16.2. The zero-order valence-corrected chi connectivity index (χ0v) is 16.0. The van der Waals surface area contributed by atoms with Gasteiger partial charge in [0.1, 0.15) is 5.69 Å². The molecule has 3 heterocycles. The second-order valence-electron chi connectivity index (χ2n) is 7.71. The molecule has 2 aliphatic rings. The largest absolute Gasteiger partial charge is 0.351 e. The molecule has 1 aromatic heterocycles. The third-order valence-corrected chi connectivity index (χ3v) is 5.84. The molecule has 146 valence electrons. The van der Waals surface area contributed by atoms with E-state index >= 15 is 0 Å². The van der Waals surface area contributed by atoms with Crippen molar-refractivity contribution in [1.29, 1.82) is 0 Å². The quantitative estimate of drug-likeness (QED) is 0.753. The summed E-state index contributed by atoms with van der Waals surface area (Å²) in [5.74, 6) is 0.378. The average Bonchev–Trinajstić information content (AvgIpc) is 3.37. The Morgan fingerprint density at radius 2 is 1.76 bits per heavy atom. The third kappa shape index (κ3) is 3.31. The SMILES string of the molecule is O=C1C[C@H]2CCN(C(=O)c3cc(-c4ccccc4)nn3-c3ccccc3)C[C@H]2N1. The highest BCUT2D eigenvalue weighted by molar-refractivity contribution is 5.94. The molecule has 0 unspecified atom stereocenters. The molecule has 0 aliphatic carbocycles.